The molecule has 8 aromatic rings. The van der Waals surface area contributed by atoms with Crippen LogP contribution in [0.15, 0.2) is 94.9 Å². The Labute approximate surface area is 715 Å². The SMILES string of the molecule is Cc1sc2c(c1C)C(c1ccc(Cl)cc1)=N[C@@H](CC(=O)NCCCCCCCC(=O)COc1cccc3c1C(=O)N(C1CCC(=O)NC1=O)C3=O)c1nnc(C)n1-2.Cc1sc2c(c1C)C(c1ccc(Cl)cc1)=N[C@@H](CC(=O)O)c1nnc(C)n1-2.NCCCCCCCC(=O)COc1cccc2c1C(=O)N(C1CCC(=O)NC1=O)C2=O.O=C(O)C(F)(F)F. The third-order valence-corrected chi connectivity index (χ3v) is 23.8. The average molecular weight is 1760 g/mol. The van der Waals surface area contributed by atoms with Crippen LogP contribution in [0.1, 0.15) is 236 Å². The first kappa shape index (κ1) is 90.9. The van der Waals surface area contributed by atoms with Crippen molar-refractivity contribution in [2.45, 2.75) is 187 Å². The number of nitrogens with zero attached hydrogens (tertiary/aromatic N) is 10. The fourth-order valence-corrected chi connectivity index (χ4v) is 17.2. The number of thiophene rings is 2. The summed E-state index contributed by atoms with van der Waals surface area (Å²) in [4.78, 5) is 172. The zero-order valence-corrected chi connectivity index (χ0v) is 70.4. The van der Waals surface area contributed by atoms with Crippen LogP contribution < -0.4 is 31.2 Å². The Morgan fingerprint density at radius 1 is 0.533 bits per heavy atom. The quantitative estimate of drug-likeness (QED) is 0.0187. The largest absolute Gasteiger partial charge is 0.490 e. The van der Waals surface area contributed by atoms with Crippen LogP contribution in [0, 0.1) is 41.5 Å². The molecule has 0 saturated carbocycles. The van der Waals surface area contributed by atoms with Gasteiger partial charge in [0.15, 0.2) is 23.2 Å². The van der Waals surface area contributed by atoms with Crippen molar-refractivity contribution < 1.29 is 95.2 Å². The van der Waals surface area contributed by atoms with Gasteiger partial charge in [0.05, 0.1) is 46.5 Å². The number of unbranched alkanes of at least 4 members (excludes halogenated alkanes) is 8. The second kappa shape index (κ2) is 40.2. The standard InChI is InChI=1S/C41H42ClN7O7S.C22H27N3O6.C19H17ClN4O2S.C2HF3O2/c1-22-23(2)57-41-34(22)36(25-13-15-26(42)16-14-25)44-29(37-47-46-24(3)48(37)41)20-33(52)43-19-8-6-4-5-7-10-27(50)21-56-31-12-9-11-28-35(31)40(55)49(39(28)54)30-17-18-32(51)45-38(30)53;23-12-5-3-1-2-4-7-14(26)13-31-17-9-6-8-15-19(17)22(30)25(21(15)29)16-10-11-18(27)24-20(16)28;1-9-10(2)27-19-16(9)17(12-4-6-13(20)7-5-12)21-14(8-15(25)26)18-23-22-11(3)24(18)19;3-2(4,5)1(6)7/h9,11-16,29-30H,4-8,10,17-21H2,1-3H3,(H,43,52)(H,45,51,53);6,8-9,16H,1-5,7,10-13,23H2,(H,24,27,28);4-7,14H,8H2,1-3H3,(H,25,26);(H,6,7)/t29-,30?;;14-;/m0.0./s1. The minimum Gasteiger partial charge on any atom is -0.485 e. The Morgan fingerprint density at radius 3 is 1.32 bits per heavy atom. The van der Waals surface area contributed by atoms with Gasteiger partial charge in [0.25, 0.3) is 23.6 Å². The molecular weight excluding hydrogens is 1670 g/mol. The highest BCUT2D eigenvalue weighted by atomic mass is 35.5. The number of aryl methyl sites for hydroxylation is 4. The van der Waals surface area contributed by atoms with Crippen molar-refractivity contribution in [3.05, 3.63) is 184 Å². The minimum atomic E-state index is -5.08. The number of aromatic nitrogens is 6. The summed E-state index contributed by atoms with van der Waals surface area (Å²) in [6.07, 6.45) is 4.52. The van der Waals surface area contributed by atoms with Crippen LogP contribution >= 0.6 is 45.9 Å². The van der Waals surface area contributed by atoms with Crippen molar-refractivity contribution in [2.75, 3.05) is 26.3 Å². The topological polar surface area (TPSA) is 436 Å². The van der Waals surface area contributed by atoms with Crippen molar-refractivity contribution in [2.24, 2.45) is 15.7 Å². The number of hydrogen-bond acceptors (Lipinski definition) is 24. The number of carbonyl (C=O) groups excluding carboxylic acids is 11. The lowest BCUT2D eigenvalue weighted by Gasteiger charge is -2.27. The zero-order valence-electron chi connectivity index (χ0n) is 67.2. The summed E-state index contributed by atoms with van der Waals surface area (Å²) in [5.41, 5.74) is 13.3. The molecule has 2 unspecified atom stereocenters. The van der Waals surface area contributed by atoms with Gasteiger partial charge in [0.1, 0.15) is 70.5 Å². The van der Waals surface area contributed by atoms with Gasteiger partial charge in [-0.3, -0.25) is 97.1 Å². The van der Waals surface area contributed by atoms with E-state index in [4.69, 9.17) is 58.3 Å². The maximum Gasteiger partial charge on any atom is 0.490 e. The number of rotatable bonds is 29. The zero-order chi connectivity index (χ0) is 88.1. The molecule has 642 valence electrons. The van der Waals surface area contributed by atoms with Gasteiger partial charge in [0.2, 0.25) is 29.5 Å². The molecule has 2 fully saturated rings. The molecule has 7 N–H and O–H groups in total. The van der Waals surface area contributed by atoms with Crippen molar-refractivity contribution >= 4 is 134 Å². The molecule has 122 heavy (non-hydrogen) atoms. The van der Waals surface area contributed by atoms with Crippen LogP contribution in [0.25, 0.3) is 10.0 Å². The summed E-state index contributed by atoms with van der Waals surface area (Å²) in [7, 11) is 0. The predicted octanol–water partition coefficient (Wildman–Crippen LogP) is 11.9. The van der Waals surface area contributed by atoms with Gasteiger partial charge in [-0.15, -0.1) is 43.1 Å². The number of amides is 9. The molecule has 4 atom stereocenters. The molecule has 0 aliphatic carbocycles. The number of hydrogen-bond donors (Lipinski definition) is 6. The molecule has 38 heteroatoms. The number of carbonyl (C=O) groups is 13. The lowest BCUT2D eigenvalue weighted by Crippen LogP contribution is -2.54. The molecule has 31 nitrogen and oxygen atoms in total. The smallest absolute Gasteiger partial charge is 0.485 e. The predicted molar refractivity (Wildman–Crippen MR) is 442 cm³/mol. The summed E-state index contributed by atoms with van der Waals surface area (Å²) in [5, 5.41) is 44.4. The number of imide groups is 4. The summed E-state index contributed by atoms with van der Waals surface area (Å²) in [6.45, 7) is 12.8. The summed E-state index contributed by atoms with van der Waals surface area (Å²) in [6, 6.07) is 20.8. The van der Waals surface area contributed by atoms with Gasteiger partial charge in [-0.1, -0.05) is 98.1 Å². The van der Waals surface area contributed by atoms with E-state index in [1.807, 2.05) is 71.5 Å². The average Bonchev–Trinajstić information content (AvgIpc) is 1.60. The fourth-order valence-electron chi connectivity index (χ4n) is 14.5. The second-order valence-electron chi connectivity index (χ2n) is 29.5. The van der Waals surface area contributed by atoms with E-state index in [1.54, 1.807) is 34.8 Å². The molecule has 6 aliphatic rings. The van der Waals surface area contributed by atoms with Crippen molar-refractivity contribution in [3.8, 4) is 21.5 Å². The van der Waals surface area contributed by atoms with Crippen LogP contribution in [0.4, 0.5) is 13.2 Å². The van der Waals surface area contributed by atoms with Crippen molar-refractivity contribution in [1.82, 2.24) is 55.3 Å². The highest BCUT2D eigenvalue weighted by molar-refractivity contribution is 7.15. The number of aliphatic imine (C=N–C) groups is 2. The summed E-state index contributed by atoms with van der Waals surface area (Å²) in [5.74, 6) is -6.02. The number of ketones is 2. The van der Waals surface area contributed by atoms with Crippen LogP contribution in [0.5, 0.6) is 11.5 Å². The van der Waals surface area contributed by atoms with Gasteiger partial charge in [-0.25, -0.2) is 4.79 Å². The first-order chi connectivity index (χ1) is 58.2. The molecule has 0 spiro atoms. The number of ether oxygens (including phenoxy) is 2. The number of fused-ring (bicyclic) bond motifs is 8. The fraction of sp³-hybridized carbons (Fsp3) is 0.393. The number of nitrogens with two attached hydrogens (primary N) is 1. The van der Waals surface area contributed by atoms with Gasteiger partial charge >= 0.3 is 18.1 Å². The summed E-state index contributed by atoms with van der Waals surface area (Å²) >= 11 is 15.6. The van der Waals surface area contributed by atoms with Gasteiger partial charge in [-0.2, -0.15) is 13.2 Å². The number of carboxylic acid groups (broad SMARTS) is 2. The third-order valence-electron chi connectivity index (χ3n) is 21.0. The minimum absolute atomic E-state index is 0.0112. The van der Waals surface area contributed by atoms with Crippen LogP contribution in [-0.4, -0.2) is 182 Å². The van der Waals surface area contributed by atoms with Crippen molar-refractivity contribution in [3.63, 3.8) is 0 Å². The summed E-state index contributed by atoms with van der Waals surface area (Å²) < 4.78 is 47.0. The molecular formula is C84H87Cl2F3N14O17S2. The van der Waals surface area contributed by atoms with E-state index >= 15 is 0 Å². The Kier molecular flexibility index (Phi) is 30.0. The Bertz CT molecular complexity index is 5510. The number of alkyl halides is 3. The van der Waals surface area contributed by atoms with Crippen LogP contribution in [0.3, 0.4) is 0 Å². The normalized spacial score (nSPS) is 16.9. The van der Waals surface area contributed by atoms with E-state index in [0.29, 0.717) is 47.6 Å². The van der Waals surface area contributed by atoms with Gasteiger partial charge < -0.3 is 30.7 Å². The van der Waals surface area contributed by atoms with Crippen LogP contribution in [0.2, 0.25) is 10.0 Å². The Balaban J connectivity index is 0.000000187. The van der Waals surface area contributed by atoms with Gasteiger partial charge in [-0.05, 0) is 146 Å². The lowest BCUT2D eigenvalue weighted by molar-refractivity contribution is -0.192. The maximum atomic E-state index is 13.3. The molecule has 4 aromatic heterocycles. The third kappa shape index (κ3) is 21.0. The lowest BCUT2D eigenvalue weighted by atomic mass is 9.99. The van der Waals surface area contributed by atoms with E-state index < -0.39 is 89.5 Å². The number of piperidine rings is 2. The number of carboxylic acids is 2. The maximum absolute atomic E-state index is 13.3. The monoisotopic (exact) mass is 1750 g/mol. The Hall–Kier alpha value is -11.9. The first-order valence-electron chi connectivity index (χ1n) is 39.4. The number of nitrogens with one attached hydrogen (secondary N) is 3. The van der Waals surface area contributed by atoms with E-state index in [9.17, 15) is 75.8 Å². The molecule has 4 aromatic carbocycles. The Morgan fingerprint density at radius 2 is 0.926 bits per heavy atom. The molecule has 0 bridgehead atoms. The van der Waals surface area contributed by atoms with Gasteiger partial charge in [0, 0.05) is 74.3 Å². The van der Waals surface area contributed by atoms with E-state index in [2.05, 4.69) is 64.0 Å². The number of benzene rings is 4. The number of aliphatic carboxylic acids is 2. The van der Waals surface area contributed by atoms with E-state index in [-0.39, 0.29) is 109 Å². The van der Waals surface area contributed by atoms with Crippen molar-refractivity contribution in [1.29, 1.82) is 0 Å². The first-order valence-corrected chi connectivity index (χ1v) is 41.8. The highest BCUT2D eigenvalue weighted by Crippen LogP contribution is 2.43. The number of Topliss-reactive ketones (excluding diaryl/α,β-unsaturated/α-hetero) is 2. The number of halogens is 5. The molecule has 10 heterocycles. The highest BCUT2D eigenvalue weighted by Gasteiger charge is 2.48. The van der Waals surface area contributed by atoms with E-state index in [1.165, 1.54) is 34.0 Å². The molecule has 2 saturated heterocycles. The molecule has 9 amide bonds. The van der Waals surface area contributed by atoms with Crippen LogP contribution in [-0.2, 0) is 43.2 Å². The second-order valence-corrected chi connectivity index (χ2v) is 32.8. The molecule has 0 radical (unpaired) electrons. The molecule has 6 aliphatic heterocycles. The molecule has 14 rings (SSSR count). The van der Waals surface area contributed by atoms with E-state index in [0.717, 1.165) is 134 Å².